The van der Waals surface area contributed by atoms with Crippen molar-refractivity contribution in [3.63, 3.8) is 0 Å². The van der Waals surface area contributed by atoms with Gasteiger partial charge in [0, 0.05) is 4.11 Å². The minimum atomic E-state index is -4.92. The molecule has 0 bridgehead atoms. The molecule has 1 amide bonds. The highest BCUT2D eigenvalue weighted by molar-refractivity contribution is 7.80. The highest BCUT2D eigenvalue weighted by Crippen LogP contribution is 2.37. The van der Waals surface area contributed by atoms with Crippen LogP contribution in [0.25, 0.3) is 0 Å². The number of hydroxylamine groups is 2. The van der Waals surface area contributed by atoms with Gasteiger partial charge in [0.25, 0.3) is 5.91 Å². The molecule has 0 spiro atoms. The predicted molar refractivity (Wildman–Crippen MR) is 42.7 cm³/mol. The van der Waals surface area contributed by atoms with Crippen molar-refractivity contribution in [3.05, 3.63) is 0 Å². The minimum Gasteiger partial charge on any atom is -0.272 e. The lowest BCUT2D eigenvalue weighted by atomic mass is 9.80. The average Bonchev–Trinajstić information content (AvgIpc) is 2.08. The molecule has 0 radical (unpaired) electrons. The molecular weight excluding hydrogens is 198 g/mol. The first-order chi connectivity index (χ1) is 6.91. The fourth-order valence-corrected chi connectivity index (χ4v) is 1.38. The molecule has 0 aromatic carbocycles. The zero-order chi connectivity index (χ0) is 12.9. The molecule has 1 heterocycles. The van der Waals surface area contributed by atoms with Crippen LogP contribution in [0.3, 0.4) is 0 Å². The van der Waals surface area contributed by atoms with Crippen LogP contribution in [0.4, 0.5) is 0 Å². The molecule has 1 saturated heterocycles. The van der Waals surface area contributed by atoms with Gasteiger partial charge in [-0.2, -0.15) is 13.5 Å². The topological polar surface area (TPSA) is 83.9 Å². The maximum atomic E-state index is 11.3. The molecule has 1 aliphatic heterocycles. The van der Waals surface area contributed by atoms with Crippen LogP contribution >= 0.6 is 0 Å². The van der Waals surface area contributed by atoms with Gasteiger partial charge in [0.2, 0.25) is 0 Å². The molecule has 1 rings (SSSR count). The molecule has 0 aliphatic carbocycles. The second kappa shape index (κ2) is 2.66. The summed E-state index contributed by atoms with van der Waals surface area (Å²) in [4.78, 5) is 11.3. The van der Waals surface area contributed by atoms with Gasteiger partial charge in [-0.3, -0.25) is 9.35 Å². The summed E-state index contributed by atoms with van der Waals surface area (Å²) in [6.45, 7) is -0.110. The Morgan fingerprint density at radius 1 is 1.77 bits per heavy atom. The third kappa shape index (κ3) is 1.67. The molecule has 1 fully saturated rings. The van der Waals surface area contributed by atoms with Crippen LogP contribution in [0.15, 0.2) is 0 Å². The molecule has 0 aromatic heterocycles. The molecule has 0 aromatic rings. The zero-order valence-electron chi connectivity index (χ0n) is 10.0. The Morgan fingerprint density at radius 3 is 2.69 bits per heavy atom. The van der Waals surface area contributed by atoms with Crippen molar-refractivity contribution in [1.29, 1.82) is 0 Å². The van der Waals surface area contributed by atoms with Crippen molar-refractivity contribution in [3.8, 4) is 0 Å². The summed E-state index contributed by atoms with van der Waals surface area (Å²) in [5, 5.41) is 0.181. The summed E-state index contributed by atoms with van der Waals surface area (Å²) >= 11 is 0. The van der Waals surface area contributed by atoms with E-state index in [2.05, 4.69) is 4.28 Å². The van der Waals surface area contributed by atoms with Crippen molar-refractivity contribution in [1.82, 2.24) is 5.06 Å². The van der Waals surface area contributed by atoms with E-state index >= 15 is 0 Å². The third-order valence-corrected chi connectivity index (χ3v) is 2.34. The van der Waals surface area contributed by atoms with Gasteiger partial charge in [0.05, 0.1) is 11.5 Å². The maximum absolute atomic E-state index is 11.3. The second-order valence-electron chi connectivity index (χ2n) is 3.00. The highest BCUT2D eigenvalue weighted by Gasteiger charge is 2.54. The molecule has 13 heavy (non-hydrogen) atoms. The first kappa shape index (κ1) is 6.74. The number of rotatable bonds is 2. The van der Waals surface area contributed by atoms with Gasteiger partial charge in [-0.1, -0.05) is 6.92 Å². The quantitative estimate of drug-likeness (QED) is 0.513. The van der Waals surface area contributed by atoms with Gasteiger partial charge in [0.15, 0.2) is 0 Å². The monoisotopic (exact) mass is 212 g/mol. The van der Waals surface area contributed by atoms with E-state index in [0.717, 1.165) is 6.92 Å². The summed E-state index contributed by atoms with van der Waals surface area (Å²) in [5.41, 5.74) is -1.76. The van der Waals surface area contributed by atoms with Crippen LogP contribution in [0, 0.1) is 5.92 Å². The Hall–Kier alpha value is -0.660. The Kier molecular flexibility index (Phi) is 1.38. The van der Waals surface area contributed by atoms with E-state index in [1.165, 1.54) is 6.92 Å². The van der Waals surface area contributed by atoms with E-state index in [-0.39, 0.29) is 5.06 Å². The normalized spacial score (nSPS) is 39.0. The van der Waals surface area contributed by atoms with E-state index in [9.17, 15) is 13.2 Å². The number of hydrogen-bond donors (Lipinski definition) is 1. The summed E-state index contributed by atoms with van der Waals surface area (Å²) in [6.07, 6.45) is 0. The van der Waals surface area contributed by atoms with Gasteiger partial charge < -0.3 is 0 Å². The Labute approximate surface area is 80.6 Å². The number of hydrogen-bond acceptors (Lipinski definition) is 4. The molecule has 7 heteroatoms. The van der Waals surface area contributed by atoms with Crippen LogP contribution < -0.4 is 0 Å². The van der Waals surface area contributed by atoms with Crippen LogP contribution in [-0.4, -0.2) is 29.5 Å². The summed E-state index contributed by atoms with van der Waals surface area (Å²) in [5.74, 6) is -1.72. The molecule has 76 valence electrons. The first-order valence-electron chi connectivity index (χ1n) is 4.92. The zero-order valence-corrected chi connectivity index (χ0v) is 7.83. The van der Waals surface area contributed by atoms with Gasteiger partial charge in [0.1, 0.15) is 0 Å². The van der Waals surface area contributed by atoms with Crippen LogP contribution in [-0.2, 0) is 19.5 Å². The molecular formula is C6H11NO5S. The number of amides is 1. The predicted octanol–water partition coefficient (Wildman–Crippen LogP) is -0.0223. The Morgan fingerprint density at radius 2 is 2.31 bits per heavy atom. The van der Waals surface area contributed by atoms with E-state index in [1.54, 1.807) is 0 Å². The standard InChI is InChI=1S/C6H11NO5S/c1-4-5(8)7(6(4,2)3)12-13(9,10)11/h4H,1-3H3,(H,9,10,11)/t4-/m1/s1/i2D3/t4-,6+. The number of carbonyl (C=O) groups excluding carboxylic acids is 1. The van der Waals surface area contributed by atoms with E-state index < -0.39 is 34.6 Å². The van der Waals surface area contributed by atoms with Crippen LogP contribution in [0.5, 0.6) is 0 Å². The van der Waals surface area contributed by atoms with Crippen molar-refractivity contribution in [2.45, 2.75) is 26.2 Å². The van der Waals surface area contributed by atoms with Crippen LogP contribution in [0.1, 0.15) is 24.8 Å². The van der Waals surface area contributed by atoms with Gasteiger partial charge in [-0.05, 0) is 13.8 Å². The second-order valence-corrected chi connectivity index (χ2v) is 4.01. The number of β-lactam (4-membered cyclic amide) rings is 1. The molecule has 1 N–H and O–H groups in total. The number of nitrogens with zero attached hydrogens (tertiary/aromatic N) is 1. The SMILES string of the molecule is [2H]C([2H])([2H])[C@]1(C)[C@H](C)C(=O)N1OS(=O)(=O)O. The van der Waals surface area contributed by atoms with Gasteiger partial charge >= 0.3 is 10.4 Å². The average molecular weight is 212 g/mol. The van der Waals surface area contributed by atoms with Gasteiger partial charge in [-0.25, -0.2) is 0 Å². The largest absolute Gasteiger partial charge is 0.418 e. The molecule has 0 unspecified atom stereocenters. The number of carbonyl (C=O) groups is 1. The summed E-state index contributed by atoms with van der Waals surface area (Å²) in [6, 6.07) is 0. The Bertz CT molecular complexity index is 418. The molecule has 0 saturated carbocycles. The lowest BCUT2D eigenvalue weighted by molar-refractivity contribution is -0.225. The first-order valence-corrected chi connectivity index (χ1v) is 4.79. The van der Waals surface area contributed by atoms with E-state index in [0.29, 0.717) is 0 Å². The van der Waals surface area contributed by atoms with Crippen molar-refractivity contribution >= 4 is 16.3 Å². The highest BCUT2D eigenvalue weighted by atomic mass is 32.3. The fraction of sp³-hybridized carbons (Fsp3) is 0.833. The lowest BCUT2D eigenvalue weighted by Crippen LogP contribution is -2.66. The smallest absolute Gasteiger partial charge is 0.272 e. The van der Waals surface area contributed by atoms with Crippen LogP contribution in [0.2, 0.25) is 0 Å². The molecule has 2 atom stereocenters. The van der Waals surface area contributed by atoms with E-state index in [4.69, 9.17) is 8.67 Å². The van der Waals surface area contributed by atoms with Crippen molar-refractivity contribution in [2.24, 2.45) is 5.92 Å². The van der Waals surface area contributed by atoms with E-state index in [1.807, 2.05) is 0 Å². The molecule has 1 aliphatic rings. The molecule has 6 nitrogen and oxygen atoms in total. The Balaban J connectivity index is 3.06. The van der Waals surface area contributed by atoms with Crippen molar-refractivity contribution < 1.29 is 26.2 Å². The third-order valence-electron chi connectivity index (χ3n) is 2.00. The fourth-order valence-electron chi connectivity index (χ4n) is 0.963. The maximum Gasteiger partial charge on any atom is 0.418 e. The van der Waals surface area contributed by atoms with Gasteiger partial charge in [-0.15, -0.1) is 4.28 Å². The minimum absolute atomic E-state index is 0.181. The lowest BCUT2D eigenvalue weighted by Gasteiger charge is -2.49. The summed E-state index contributed by atoms with van der Waals surface area (Å²) in [7, 11) is -4.92. The van der Waals surface area contributed by atoms with Crippen molar-refractivity contribution in [2.75, 3.05) is 0 Å². The summed E-state index contributed by atoms with van der Waals surface area (Å²) < 4.78 is 55.0.